The van der Waals surface area contributed by atoms with E-state index in [2.05, 4.69) is 4.90 Å². The number of amides is 1. The summed E-state index contributed by atoms with van der Waals surface area (Å²) in [6, 6.07) is -0.150. The van der Waals surface area contributed by atoms with Crippen molar-refractivity contribution in [1.82, 2.24) is 9.80 Å². The van der Waals surface area contributed by atoms with Gasteiger partial charge in [-0.1, -0.05) is 12.8 Å². The Hall–Kier alpha value is -1.39. The Morgan fingerprint density at radius 1 is 1.32 bits per heavy atom. The second-order valence-electron chi connectivity index (χ2n) is 6.36. The molecule has 0 aromatic heterocycles. The molecule has 1 amide bonds. The van der Waals surface area contributed by atoms with Gasteiger partial charge in [-0.25, -0.2) is 0 Å². The van der Waals surface area contributed by atoms with E-state index >= 15 is 0 Å². The predicted octanol–water partition coefficient (Wildman–Crippen LogP) is 1.72. The first-order valence-electron chi connectivity index (χ1n) is 7.01. The molecule has 0 bridgehead atoms. The number of carbonyl (C=O) groups excluding carboxylic acids is 1. The second kappa shape index (κ2) is 4.94. The van der Waals surface area contributed by atoms with Crippen LogP contribution in [0.15, 0.2) is 0 Å². The van der Waals surface area contributed by atoms with Crippen molar-refractivity contribution in [3.8, 4) is 0 Å². The molecule has 2 N–H and O–H groups in total. The van der Waals surface area contributed by atoms with E-state index < -0.39 is 11.5 Å². The van der Waals surface area contributed by atoms with E-state index in [0.717, 1.165) is 12.8 Å². The SMILES string of the molecule is CN1C(=O)C(C)(C)CN(C2CCCC2)C(=N)C1C=N. The molecule has 5 heteroatoms. The Balaban J connectivity index is 2.35. The number of amidine groups is 1. The Morgan fingerprint density at radius 3 is 2.42 bits per heavy atom. The molecule has 1 saturated carbocycles. The van der Waals surface area contributed by atoms with Crippen LogP contribution < -0.4 is 0 Å². The van der Waals surface area contributed by atoms with Gasteiger partial charge in [-0.15, -0.1) is 0 Å². The standard InChI is InChI=1S/C14H24N4O/c1-14(2)9-18(10-6-4-5-7-10)12(16)11(8-15)17(3)13(14)19/h8,10-11,15-16H,4-7,9H2,1-3H3. The fraction of sp³-hybridized carbons (Fsp3) is 0.786. The molecule has 5 nitrogen and oxygen atoms in total. The number of hydrogen-bond acceptors (Lipinski definition) is 3. The van der Waals surface area contributed by atoms with Crippen molar-refractivity contribution in [2.24, 2.45) is 5.41 Å². The molecule has 1 aliphatic carbocycles. The minimum Gasteiger partial charge on any atom is -0.354 e. The smallest absolute Gasteiger partial charge is 0.230 e. The molecular formula is C14H24N4O. The average molecular weight is 264 g/mol. The molecule has 1 heterocycles. The molecule has 0 aromatic carbocycles. The minimum absolute atomic E-state index is 0.0197. The lowest BCUT2D eigenvalue weighted by atomic mass is 9.91. The van der Waals surface area contributed by atoms with Crippen molar-refractivity contribution < 1.29 is 4.79 Å². The van der Waals surface area contributed by atoms with Gasteiger partial charge in [-0.2, -0.15) is 0 Å². The van der Waals surface area contributed by atoms with Crippen molar-refractivity contribution in [2.75, 3.05) is 13.6 Å². The van der Waals surface area contributed by atoms with E-state index in [-0.39, 0.29) is 5.91 Å². The number of nitrogens with zero attached hydrogens (tertiary/aromatic N) is 2. The van der Waals surface area contributed by atoms with Gasteiger partial charge in [-0.05, 0) is 26.7 Å². The summed E-state index contributed by atoms with van der Waals surface area (Å²) in [6.07, 6.45) is 5.81. The van der Waals surface area contributed by atoms with E-state index in [9.17, 15) is 4.79 Å². The molecular weight excluding hydrogens is 240 g/mol. The van der Waals surface area contributed by atoms with E-state index in [1.165, 1.54) is 19.1 Å². The highest BCUT2D eigenvalue weighted by molar-refractivity contribution is 6.03. The van der Waals surface area contributed by atoms with Gasteiger partial charge < -0.3 is 15.2 Å². The lowest BCUT2D eigenvalue weighted by Gasteiger charge is -2.34. The van der Waals surface area contributed by atoms with Gasteiger partial charge in [0.1, 0.15) is 11.9 Å². The molecule has 1 atom stereocenters. The number of carbonyl (C=O) groups is 1. The first kappa shape index (κ1) is 14.0. The predicted molar refractivity (Wildman–Crippen MR) is 75.8 cm³/mol. The van der Waals surface area contributed by atoms with Gasteiger partial charge in [0.15, 0.2) is 0 Å². The van der Waals surface area contributed by atoms with Crippen molar-refractivity contribution in [1.29, 1.82) is 10.8 Å². The zero-order valence-electron chi connectivity index (χ0n) is 12.1. The summed E-state index contributed by atoms with van der Waals surface area (Å²) in [5.41, 5.74) is -0.499. The van der Waals surface area contributed by atoms with E-state index in [1.807, 2.05) is 13.8 Å². The molecule has 1 saturated heterocycles. The van der Waals surface area contributed by atoms with Crippen LogP contribution in [-0.4, -0.2) is 53.4 Å². The summed E-state index contributed by atoms with van der Waals surface area (Å²) in [7, 11) is 1.70. The van der Waals surface area contributed by atoms with Crippen LogP contribution in [0.2, 0.25) is 0 Å². The highest BCUT2D eigenvalue weighted by Gasteiger charge is 2.43. The number of rotatable bonds is 2. The summed E-state index contributed by atoms with van der Waals surface area (Å²) < 4.78 is 0. The van der Waals surface area contributed by atoms with Gasteiger partial charge in [0.25, 0.3) is 0 Å². The maximum Gasteiger partial charge on any atom is 0.230 e. The van der Waals surface area contributed by atoms with E-state index in [0.29, 0.717) is 18.4 Å². The van der Waals surface area contributed by atoms with Crippen LogP contribution in [0.5, 0.6) is 0 Å². The average Bonchev–Trinajstić information content (AvgIpc) is 2.86. The maximum absolute atomic E-state index is 12.4. The molecule has 1 aliphatic heterocycles. The van der Waals surface area contributed by atoms with Gasteiger partial charge in [0.05, 0.1) is 5.41 Å². The van der Waals surface area contributed by atoms with Crippen LogP contribution in [0.4, 0.5) is 0 Å². The summed E-state index contributed by atoms with van der Waals surface area (Å²) in [5, 5.41) is 15.9. The summed E-state index contributed by atoms with van der Waals surface area (Å²) in [6.45, 7) is 4.46. The first-order valence-corrected chi connectivity index (χ1v) is 7.01. The molecule has 19 heavy (non-hydrogen) atoms. The largest absolute Gasteiger partial charge is 0.354 e. The second-order valence-corrected chi connectivity index (χ2v) is 6.36. The number of hydrogen-bond donors (Lipinski definition) is 2. The summed E-state index contributed by atoms with van der Waals surface area (Å²) in [5.74, 6) is 0.426. The molecule has 1 unspecified atom stereocenters. The van der Waals surface area contributed by atoms with Crippen molar-refractivity contribution >= 4 is 18.0 Å². The molecule has 0 spiro atoms. The number of likely N-dealkylation sites (N-methyl/N-ethyl adjacent to an activating group) is 1. The van der Waals surface area contributed by atoms with Gasteiger partial charge in [0, 0.05) is 25.8 Å². The molecule has 2 aliphatic rings. The van der Waals surface area contributed by atoms with Gasteiger partial charge in [0.2, 0.25) is 5.91 Å². The van der Waals surface area contributed by atoms with Gasteiger partial charge >= 0.3 is 0 Å². The van der Waals surface area contributed by atoms with Crippen LogP contribution in [0.1, 0.15) is 39.5 Å². The Kier molecular flexibility index (Phi) is 3.65. The topological polar surface area (TPSA) is 71.2 Å². The monoisotopic (exact) mass is 264 g/mol. The van der Waals surface area contributed by atoms with Crippen LogP contribution in [-0.2, 0) is 4.79 Å². The minimum atomic E-state index is -0.519. The zero-order chi connectivity index (χ0) is 14.2. The maximum atomic E-state index is 12.4. The van der Waals surface area contributed by atoms with Crippen molar-refractivity contribution in [2.45, 2.75) is 51.6 Å². The number of nitrogens with one attached hydrogen (secondary N) is 2. The Morgan fingerprint density at radius 2 is 1.89 bits per heavy atom. The van der Waals surface area contributed by atoms with Crippen LogP contribution in [0, 0.1) is 16.2 Å². The Labute approximate surface area is 115 Å². The van der Waals surface area contributed by atoms with E-state index in [4.69, 9.17) is 10.8 Å². The molecule has 106 valence electrons. The normalized spacial score (nSPS) is 28.7. The third-order valence-corrected chi connectivity index (χ3v) is 4.40. The molecule has 0 radical (unpaired) electrons. The fourth-order valence-electron chi connectivity index (χ4n) is 3.27. The van der Waals surface area contributed by atoms with Crippen LogP contribution >= 0.6 is 0 Å². The lowest BCUT2D eigenvalue weighted by Crippen LogP contribution is -2.48. The third-order valence-electron chi connectivity index (χ3n) is 4.40. The van der Waals surface area contributed by atoms with Crippen LogP contribution in [0.25, 0.3) is 0 Å². The zero-order valence-corrected chi connectivity index (χ0v) is 12.1. The van der Waals surface area contributed by atoms with Crippen molar-refractivity contribution in [3.63, 3.8) is 0 Å². The Bertz CT molecular complexity index is 398. The lowest BCUT2D eigenvalue weighted by molar-refractivity contribution is -0.138. The molecule has 0 aromatic rings. The highest BCUT2D eigenvalue weighted by Crippen LogP contribution is 2.31. The summed E-state index contributed by atoms with van der Waals surface area (Å²) in [4.78, 5) is 16.1. The third kappa shape index (κ3) is 2.38. The fourth-order valence-corrected chi connectivity index (χ4v) is 3.27. The highest BCUT2D eigenvalue weighted by atomic mass is 16.2. The first-order chi connectivity index (χ1) is 8.88. The summed E-state index contributed by atoms with van der Waals surface area (Å²) >= 11 is 0. The van der Waals surface area contributed by atoms with Crippen molar-refractivity contribution in [3.05, 3.63) is 0 Å². The molecule has 2 fully saturated rings. The van der Waals surface area contributed by atoms with E-state index in [1.54, 1.807) is 11.9 Å². The molecule has 2 rings (SSSR count). The van der Waals surface area contributed by atoms with Crippen LogP contribution in [0.3, 0.4) is 0 Å². The quantitative estimate of drug-likeness (QED) is 0.746. The van der Waals surface area contributed by atoms with Gasteiger partial charge in [-0.3, -0.25) is 10.2 Å².